The zero-order chi connectivity index (χ0) is 53.5. The fourth-order valence-electron chi connectivity index (χ4n) is 8.87. The average Bonchev–Trinajstić information content (AvgIpc) is 3.35. The van der Waals surface area contributed by atoms with Crippen LogP contribution in [0.15, 0.2) is 72.9 Å². The molecule has 1 amide bonds. The molecule has 0 aromatic rings. The van der Waals surface area contributed by atoms with Gasteiger partial charge in [-0.1, -0.05) is 273 Å². The first-order chi connectivity index (χ1) is 35.5. The van der Waals surface area contributed by atoms with Crippen molar-refractivity contribution in [1.82, 2.24) is 5.32 Å². The number of likely N-dealkylation sites (N-methyl/N-ethyl adjacent to an activating group) is 1. The van der Waals surface area contributed by atoms with Gasteiger partial charge in [-0.3, -0.25) is 9.36 Å². The summed E-state index contributed by atoms with van der Waals surface area (Å²) in [5, 5.41) is 13.9. The van der Waals surface area contributed by atoms with Crippen LogP contribution in [0.3, 0.4) is 0 Å². The van der Waals surface area contributed by atoms with Crippen LogP contribution in [0.2, 0.25) is 0 Å². The number of rotatable bonds is 56. The lowest BCUT2D eigenvalue weighted by Gasteiger charge is -2.29. The molecular weight excluding hydrogens is 924 g/mol. The Morgan fingerprint density at radius 3 is 1.27 bits per heavy atom. The molecule has 0 heterocycles. The van der Waals surface area contributed by atoms with Crippen molar-refractivity contribution >= 4 is 13.7 Å². The summed E-state index contributed by atoms with van der Waals surface area (Å²) in [6.07, 6.45) is 75.8. The number of unbranched alkanes of at least 4 members (excludes halogenated alkanes) is 33. The number of nitrogens with one attached hydrogen (secondary N) is 1. The Kier molecular flexibility index (Phi) is 53.2. The van der Waals surface area contributed by atoms with E-state index >= 15 is 0 Å². The van der Waals surface area contributed by atoms with Crippen LogP contribution in [0.4, 0.5) is 0 Å². The molecule has 73 heavy (non-hydrogen) atoms. The van der Waals surface area contributed by atoms with Gasteiger partial charge in [0.05, 0.1) is 39.9 Å². The first-order valence-electron chi connectivity index (χ1n) is 30.8. The summed E-state index contributed by atoms with van der Waals surface area (Å²) in [6, 6.07) is -0.904. The van der Waals surface area contributed by atoms with Gasteiger partial charge in [0.15, 0.2) is 0 Å². The molecule has 2 N–H and O–H groups in total. The van der Waals surface area contributed by atoms with Gasteiger partial charge in [-0.25, -0.2) is 0 Å². The summed E-state index contributed by atoms with van der Waals surface area (Å²) in [5.41, 5.74) is 0. The van der Waals surface area contributed by atoms with Crippen LogP contribution in [-0.2, 0) is 18.4 Å². The van der Waals surface area contributed by atoms with Crippen molar-refractivity contribution in [1.29, 1.82) is 0 Å². The molecular formula is C64H119N2O6P. The maximum Gasteiger partial charge on any atom is 0.268 e. The molecule has 0 aromatic carbocycles. The summed E-state index contributed by atoms with van der Waals surface area (Å²) >= 11 is 0. The Bertz CT molecular complexity index is 1420. The van der Waals surface area contributed by atoms with Crippen molar-refractivity contribution in [2.24, 2.45) is 0 Å². The molecule has 0 bridgehead atoms. The van der Waals surface area contributed by atoms with Gasteiger partial charge >= 0.3 is 0 Å². The standard InChI is InChI=1S/C64H119N2O6P/c1-6-8-10-12-14-16-18-20-22-24-25-26-27-28-29-30-31-32-33-34-35-36-37-38-39-40-41-42-44-46-48-50-52-54-56-58-64(68)65-62(61-72-73(69,70)71-60-59-66(3,4)5)63(67)57-55-53-51-49-47-45-43-23-21-19-17-15-13-11-9-7-2/h8,10,14,16,20,22,25-26,47,49,55,57,62-63,67H,6-7,9,11-13,15,17-19,21,23-24,27-46,48,50-54,56,58-61H2,1-5H3,(H-,65,68,69,70)/b10-8-,16-14-,22-20-,26-25-,49-47+,57-55+. The largest absolute Gasteiger partial charge is 0.756 e. The third kappa shape index (κ3) is 57.5. The second-order valence-corrected chi connectivity index (χ2v) is 23.4. The third-order valence-corrected chi connectivity index (χ3v) is 14.6. The number of allylic oxidation sites excluding steroid dienone is 11. The van der Waals surface area contributed by atoms with Gasteiger partial charge in [0.1, 0.15) is 13.2 Å². The fraction of sp³-hybridized carbons (Fsp3) is 0.797. The molecule has 0 saturated carbocycles. The monoisotopic (exact) mass is 1040 g/mol. The number of hydrogen-bond donors (Lipinski definition) is 2. The molecule has 426 valence electrons. The number of phosphoric ester groups is 1. The highest BCUT2D eigenvalue weighted by Gasteiger charge is 2.23. The highest BCUT2D eigenvalue weighted by atomic mass is 31.2. The van der Waals surface area contributed by atoms with E-state index in [4.69, 9.17) is 9.05 Å². The van der Waals surface area contributed by atoms with Crippen molar-refractivity contribution in [2.75, 3.05) is 40.9 Å². The Morgan fingerprint density at radius 2 is 0.849 bits per heavy atom. The molecule has 0 spiro atoms. The summed E-state index contributed by atoms with van der Waals surface area (Å²) in [5.74, 6) is -0.205. The average molecular weight is 1040 g/mol. The maximum absolute atomic E-state index is 13.0. The molecule has 0 aromatic heterocycles. The summed E-state index contributed by atoms with van der Waals surface area (Å²) < 4.78 is 23.3. The molecule has 0 rings (SSSR count). The summed E-state index contributed by atoms with van der Waals surface area (Å²) in [6.45, 7) is 4.53. The minimum atomic E-state index is -4.61. The number of phosphoric acid groups is 1. The van der Waals surface area contributed by atoms with Crippen molar-refractivity contribution in [3.05, 3.63) is 72.9 Å². The van der Waals surface area contributed by atoms with Gasteiger partial charge in [-0.2, -0.15) is 0 Å². The van der Waals surface area contributed by atoms with E-state index in [1.165, 1.54) is 193 Å². The lowest BCUT2D eigenvalue weighted by Crippen LogP contribution is -2.45. The summed E-state index contributed by atoms with van der Waals surface area (Å²) in [7, 11) is 1.25. The number of quaternary nitrogens is 1. The quantitative estimate of drug-likeness (QED) is 0.0272. The van der Waals surface area contributed by atoms with Crippen molar-refractivity contribution in [3.63, 3.8) is 0 Å². The molecule has 0 aliphatic rings. The van der Waals surface area contributed by atoms with Crippen molar-refractivity contribution in [2.45, 2.75) is 289 Å². The van der Waals surface area contributed by atoms with Crippen molar-refractivity contribution < 1.29 is 32.9 Å². The third-order valence-electron chi connectivity index (χ3n) is 13.7. The van der Waals surface area contributed by atoms with Crippen LogP contribution in [0, 0.1) is 0 Å². The number of carbonyl (C=O) groups excluding carboxylic acids is 1. The van der Waals surface area contributed by atoms with Crippen molar-refractivity contribution in [3.8, 4) is 0 Å². The highest BCUT2D eigenvalue weighted by molar-refractivity contribution is 7.45. The molecule has 0 radical (unpaired) electrons. The van der Waals surface area contributed by atoms with E-state index in [9.17, 15) is 19.4 Å². The second kappa shape index (κ2) is 54.7. The van der Waals surface area contributed by atoms with Gasteiger partial charge in [0, 0.05) is 6.42 Å². The highest BCUT2D eigenvalue weighted by Crippen LogP contribution is 2.38. The van der Waals surface area contributed by atoms with Gasteiger partial charge in [-0.05, 0) is 70.6 Å². The van der Waals surface area contributed by atoms with E-state index in [2.05, 4.69) is 79.9 Å². The van der Waals surface area contributed by atoms with Gasteiger partial charge < -0.3 is 28.8 Å². The molecule has 9 heteroatoms. The topological polar surface area (TPSA) is 108 Å². The number of amides is 1. The normalized spacial score (nSPS) is 14.3. The fourth-order valence-corrected chi connectivity index (χ4v) is 9.59. The smallest absolute Gasteiger partial charge is 0.268 e. The summed E-state index contributed by atoms with van der Waals surface area (Å²) in [4.78, 5) is 25.5. The molecule has 0 saturated heterocycles. The molecule has 0 fully saturated rings. The first kappa shape index (κ1) is 70.9. The SMILES string of the molecule is CC/C=C\C/C=C\C/C=C\C/C=C\CCCCCCCCCCCCCCCCCCCCCCCCC(=O)NC(COP(=O)([O-])OCC[N+](C)(C)C)C(O)/C=C/CC/C=C/CCCCCCCCCCCC. The minimum Gasteiger partial charge on any atom is -0.756 e. The lowest BCUT2D eigenvalue weighted by atomic mass is 10.0. The Labute approximate surface area is 453 Å². The number of aliphatic hydroxyl groups excluding tert-OH is 1. The molecule has 3 unspecified atom stereocenters. The van der Waals surface area contributed by atoms with E-state index < -0.39 is 26.6 Å². The lowest BCUT2D eigenvalue weighted by molar-refractivity contribution is -0.870. The Hall–Kier alpha value is -2.06. The van der Waals surface area contributed by atoms with E-state index in [0.29, 0.717) is 17.4 Å². The minimum absolute atomic E-state index is 0.00659. The van der Waals surface area contributed by atoms with Crippen LogP contribution >= 0.6 is 7.82 Å². The Balaban J connectivity index is 4.02. The van der Waals surface area contributed by atoms with Crippen LogP contribution < -0.4 is 10.2 Å². The van der Waals surface area contributed by atoms with Crippen LogP contribution in [-0.4, -0.2) is 68.5 Å². The molecule has 0 aliphatic heterocycles. The Morgan fingerprint density at radius 1 is 0.493 bits per heavy atom. The zero-order valence-corrected chi connectivity index (χ0v) is 49.5. The van der Waals surface area contributed by atoms with E-state index in [0.717, 1.165) is 64.2 Å². The molecule has 8 nitrogen and oxygen atoms in total. The number of nitrogens with zero attached hydrogens (tertiary/aromatic N) is 1. The maximum atomic E-state index is 13.0. The predicted octanol–water partition coefficient (Wildman–Crippen LogP) is 18.4. The van der Waals surface area contributed by atoms with Crippen LogP contribution in [0.25, 0.3) is 0 Å². The van der Waals surface area contributed by atoms with E-state index in [1.54, 1.807) is 6.08 Å². The van der Waals surface area contributed by atoms with Gasteiger partial charge in [0.25, 0.3) is 7.82 Å². The van der Waals surface area contributed by atoms with Gasteiger partial charge in [0.2, 0.25) is 5.91 Å². The van der Waals surface area contributed by atoms with Crippen LogP contribution in [0.1, 0.15) is 277 Å². The van der Waals surface area contributed by atoms with Gasteiger partial charge in [-0.15, -0.1) is 0 Å². The first-order valence-corrected chi connectivity index (χ1v) is 32.3. The number of aliphatic hydroxyl groups is 1. The predicted molar refractivity (Wildman–Crippen MR) is 316 cm³/mol. The molecule has 0 aliphatic carbocycles. The zero-order valence-electron chi connectivity index (χ0n) is 48.6. The number of hydrogen-bond acceptors (Lipinski definition) is 6. The number of carbonyl (C=O) groups is 1. The second-order valence-electron chi connectivity index (χ2n) is 22.0. The van der Waals surface area contributed by atoms with E-state index in [1.807, 2.05) is 27.2 Å². The van der Waals surface area contributed by atoms with Crippen LogP contribution in [0.5, 0.6) is 0 Å². The van der Waals surface area contributed by atoms with E-state index in [-0.39, 0.29) is 12.5 Å². The molecule has 3 atom stereocenters.